The van der Waals surface area contributed by atoms with E-state index in [4.69, 9.17) is 9.16 Å². The minimum Gasteiger partial charge on any atom is -0.444 e. The van der Waals surface area contributed by atoms with E-state index < -0.39 is 13.9 Å². The monoisotopic (exact) mass is 483 g/mol. The fourth-order valence-corrected chi connectivity index (χ4v) is 4.31. The van der Waals surface area contributed by atoms with Crippen LogP contribution in [-0.4, -0.2) is 43.6 Å². The molecule has 4 nitrogen and oxygen atoms in total. The van der Waals surface area contributed by atoms with Gasteiger partial charge in [0.1, 0.15) is 5.60 Å². The number of halogens is 2. The van der Waals surface area contributed by atoms with Crippen molar-refractivity contribution < 1.29 is 14.0 Å². The Bertz CT molecular complexity index is 491. The molecular weight excluding hydrogens is 454 g/mol. The van der Waals surface area contributed by atoms with Gasteiger partial charge in [0.15, 0.2) is 8.32 Å². The van der Waals surface area contributed by atoms with Gasteiger partial charge in [-0.2, -0.15) is 0 Å². The Kier molecular flexibility index (Phi) is 7.21. The van der Waals surface area contributed by atoms with Gasteiger partial charge in [-0.25, -0.2) is 4.79 Å². The fraction of sp³-hybridized carbons (Fsp3) is 0.824. The second kappa shape index (κ2) is 7.80. The van der Waals surface area contributed by atoms with Gasteiger partial charge >= 0.3 is 6.09 Å². The lowest BCUT2D eigenvalue weighted by Gasteiger charge is -2.38. The molecule has 1 saturated heterocycles. The summed E-state index contributed by atoms with van der Waals surface area (Å²) in [7, 11) is -1.87. The van der Waals surface area contributed by atoms with E-state index in [1.165, 1.54) is 0 Å². The maximum absolute atomic E-state index is 12.6. The van der Waals surface area contributed by atoms with Crippen LogP contribution in [0.4, 0.5) is 4.79 Å². The SMILES string of the molecule is CC(C)(C)OC(=O)N1CC(O[Si](C)(C)C(C)(C)C)CC1C=C(Br)Br. The van der Waals surface area contributed by atoms with Crippen molar-refractivity contribution in [3.8, 4) is 0 Å². The molecular formula is C17H31Br2NO3Si. The van der Waals surface area contributed by atoms with Crippen LogP contribution in [0.2, 0.25) is 18.1 Å². The summed E-state index contributed by atoms with van der Waals surface area (Å²) in [4.78, 5) is 14.3. The molecule has 2 unspecified atom stereocenters. The summed E-state index contributed by atoms with van der Waals surface area (Å²) in [6.07, 6.45) is 2.52. The van der Waals surface area contributed by atoms with Gasteiger partial charge in [0.25, 0.3) is 0 Å². The molecule has 140 valence electrons. The molecule has 1 aliphatic heterocycles. The van der Waals surface area contributed by atoms with E-state index >= 15 is 0 Å². The zero-order chi connectivity index (χ0) is 18.9. The molecule has 1 rings (SSSR count). The van der Waals surface area contributed by atoms with Crippen molar-refractivity contribution >= 4 is 46.3 Å². The standard InChI is InChI=1S/C17H31Br2NO3Si/c1-16(2,3)22-15(21)20-11-13(9-12(20)10-14(18)19)23-24(7,8)17(4,5)6/h10,12-13H,9,11H2,1-8H3. The number of rotatable bonds is 3. The van der Waals surface area contributed by atoms with E-state index in [1.54, 1.807) is 4.90 Å². The van der Waals surface area contributed by atoms with Crippen molar-refractivity contribution in [2.24, 2.45) is 0 Å². The van der Waals surface area contributed by atoms with Crippen LogP contribution in [0.1, 0.15) is 48.0 Å². The van der Waals surface area contributed by atoms with E-state index in [2.05, 4.69) is 65.7 Å². The molecule has 1 amide bonds. The lowest BCUT2D eigenvalue weighted by molar-refractivity contribution is 0.0237. The second-order valence-corrected chi connectivity index (χ2v) is 16.4. The molecule has 0 aliphatic carbocycles. The number of hydrogen-bond acceptors (Lipinski definition) is 3. The molecule has 1 fully saturated rings. The van der Waals surface area contributed by atoms with Crippen molar-refractivity contribution in [2.45, 2.75) is 83.8 Å². The molecule has 0 aromatic heterocycles. The Morgan fingerprint density at radius 2 is 1.71 bits per heavy atom. The van der Waals surface area contributed by atoms with Crippen LogP contribution in [-0.2, 0) is 9.16 Å². The topological polar surface area (TPSA) is 38.8 Å². The molecule has 1 heterocycles. The summed E-state index contributed by atoms with van der Waals surface area (Å²) in [5, 5.41) is 0.147. The minimum atomic E-state index is -1.87. The molecule has 0 aromatic rings. The predicted molar refractivity (Wildman–Crippen MR) is 109 cm³/mol. The molecule has 0 N–H and O–H groups in total. The number of amides is 1. The minimum absolute atomic E-state index is 0.0385. The van der Waals surface area contributed by atoms with Gasteiger partial charge in [0.2, 0.25) is 0 Å². The van der Waals surface area contributed by atoms with Gasteiger partial charge < -0.3 is 9.16 Å². The van der Waals surface area contributed by atoms with E-state index in [0.29, 0.717) is 6.54 Å². The molecule has 0 spiro atoms. The molecule has 1 aliphatic rings. The van der Waals surface area contributed by atoms with Gasteiger partial charge in [0, 0.05) is 6.54 Å². The van der Waals surface area contributed by atoms with Gasteiger partial charge in [-0.3, -0.25) is 4.90 Å². The summed E-state index contributed by atoms with van der Waals surface area (Å²) in [6.45, 7) is 17.4. The van der Waals surface area contributed by atoms with E-state index in [0.717, 1.165) is 9.81 Å². The first-order valence-electron chi connectivity index (χ1n) is 8.32. The molecule has 2 atom stereocenters. The number of carbonyl (C=O) groups excluding carboxylic acids is 1. The number of likely N-dealkylation sites (tertiary alicyclic amines) is 1. The van der Waals surface area contributed by atoms with Gasteiger partial charge in [-0.05, 0) is 83.3 Å². The Labute approximate surface area is 164 Å². The zero-order valence-electron chi connectivity index (χ0n) is 16.1. The van der Waals surface area contributed by atoms with Crippen LogP contribution in [0.3, 0.4) is 0 Å². The maximum atomic E-state index is 12.6. The molecule has 0 bridgehead atoms. The fourth-order valence-electron chi connectivity index (χ4n) is 2.34. The third-order valence-corrected chi connectivity index (χ3v) is 9.58. The third-order valence-electron chi connectivity index (χ3n) is 4.52. The number of hydrogen-bond donors (Lipinski definition) is 0. The van der Waals surface area contributed by atoms with E-state index in [-0.39, 0.29) is 23.3 Å². The number of ether oxygens (including phenoxy) is 1. The Morgan fingerprint density at radius 1 is 1.17 bits per heavy atom. The van der Waals surface area contributed by atoms with Crippen molar-refractivity contribution in [3.05, 3.63) is 9.47 Å². The second-order valence-electron chi connectivity index (χ2n) is 8.89. The first kappa shape index (κ1) is 22.2. The van der Waals surface area contributed by atoms with E-state index in [9.17, 15) is 4.79 Å². The highest BCUT2D eigenvalue weighted by atomic mass is 79.9. The van der Waals surface area contributed by atoms with Crippen molar-refractivity contribution in [2.75, 3.05) is 6.54 Å². The van der Waals surface area contributed by atoms with Crippen molar-refractivity contribution in [3.63, 3.8) is 0 Å². The van der Waals surface area contributed by atoms with Crippen LogP contribution in [0.15, 0.2) is 9.47 Å². The Hall–Kier alpha value is 0.147. The van der Waals surface area contributed by atoms with Crippen LogP contribution in [0.25, 0.3) is 0 Å². The lowest BCUT2D eigenvalue weighted by Crippen LogP contribution is -2.45. The third kappa shape index (κ3) is 6.46. The summed E-state index contributed by atoms with van der Waals surface area (Å²) >= 11 is 6.80. The average Bonchev–Trinajstić information content (AvgIpc) is 2.66. The summed E-state index contributed by atoms with van der Waals surface area (Å²) < 4.78 is 12.9. The highest BCUT2D eigenvalue weighted by molar-refractivity contribution is 9.28. The Morgan fingerprint density at radius 3 is 2.12 bits per heavy atom. The van der Waals surface area contributed by atoms with Gasteiger partial charge in [-0.15, -0.1) is 0 Å². The maximum Gasteiger partial charge on any atom is 0.410 e. The summed E-state index contributed by atoms with van der Waals surface area (Å²) in [6, 6.07) is -0.0385. The van der Waals surface area contributed by atoms with E-state index in [1.807, 2.05) is 26.8 Å². The first-order chi connectivity index (χ1) is 10.6. The van der Waals surface area contributed by atoms with Gasteiger partial charge in [-0.1, -0.05) is 20.8 Å². The summed E-state index contributed by atoms with van der Waals surface area (Å²) in [5.74, 6) is 0. The predicted octanol–water partition coefficient (Wildman–Crippen LogP) is 6.02. The lowest BCUT2D eigenvalue weighted by atomic mass is 10.2. The van der Waals surface area contributed by atoms with Crippen molar-refractivity contribution in [1.29, 1.82) is 0 Å². The van der Waals surface area contributed by atoms with Crippen LogP contribution in [0, 0.1) is 0 Å². The Balaban J connectivity index is 2.92. The van der Waals surface area contributed by atoms with Crippen LogP contribution >= 0.6 is 31.9 Å². The van der Waals surface area contributed by atoms with Gasteiger partial charge in [0.05, 0.1) is 15.5 Å². The number of nitrogens with zero attached hydrogens (tertiary/aromatic N) is 1. The molecule has 7 heteroatoms. The highest BCUT2D eigenvalue weighted by Gasteiger charge is 2.44. The normalized spacial score (nSPS) is 22.5. The smallest absolute Gasteiger partial charge is 0.410 e. The highest BCUT2D eigenvalue weighted by Crippen LogP contribution is 2.39. The molecule has 0 aromatic carbocycles. The molecule has 0 saturated carbocycles. The average molecular weight is 485 g/mol. The number of carbonyl (C=O) groups is 1. The summed E-state index contributed by atoms with van der Waals surface area (Å²) in [5.41, 5.74) is -0.505. The van der Waals surface area contributed by atoms with Crippen LogP contribution < -0.4 is 0 Å². The molecule has 24 heavy (non-hydrogen) atoms. The molecule has 0 radical (unpaired) electrons. The zero-order valence-corrected chi connectivity index (χ0v) is 20.2. The quantitative estimate of drug-likeness (QED) is 0.460. The largest absolute Gasteiger partial charge is 0.444 e. The first-order valence-corrected chi connectivity index (χ1v) is 12.8. The van der Waals surface area contributed by atoms with Crippen molar-refractivity contribution in [1.82, 2.24) is 4.90 Å². The van der Waals surface area contributed by atoms with Crippen LogP contribution in [0.5, 0.6) is 0 Å².